The van der Waals surface area contributed by atoms with E-state index in [-0.39, 0.29) is 6.10 Å². The van der Waals surface area contributed by atoms with Gasteiger partial charge in [0.2, 0.25) is 0 Å². The van der Waals surface area contributed by atoms with E-state index in [1.165, 1.54) is 0 Å². The summed E-state index contributed by atoms with van der Waals surface area (Å²) in [5, 5.41) is 0. The standard InChI is InChI=1S/C13H21NO3/c1-11(2)16-9-7-15-8-10-17-13-5-3-12(14)4-6-13/h3-6,11H,7-10,14H2,1-2H3. The molecule has 0 saturated heterocycles. The quantitative estimate of drug-likeness (QED) is 0.557. The van der Waals surface area contributed by atoms with Crippen LogP contribution in [0.15, 0.2) is 24.3 Å². The molecule has 0 aromatic heterocycles. The van der Waals surface area contributed by atoms with E-state index < -0.39 is 0 Å². The number of nitrogen functional groups attached to an aromatic ring is 1. The van der Waals surface area contributed by atoms with Gasteiger partial charge in [0, 0.05) is 5.69 Å². The number of benzene rings is 1. The number of anilines is 1. The Kier molecular flexibility index (Phi) is 6.43. The molecule has 1 rings (SSSR count). The van der Waals surface area contributed by atoms with Gasteiger partial charge in [0.1, 0.15) is 12.4 Å². The lowest BCUT2D eigenvalue weighted by Crippen LogP contribution is -2.13. The molecule has 0 saturated carbocycles. The second kappa shape index (κ2) is 7.92. The van der Waals surface area contributed by atoms with Gasteiger partial charge in [-0.3, -0.25) is 0 Å². The molecular weight excluding hydrogens is 218 g/mol. The second-order valence-electron chi connectivity index (χ2n) is 3.95. The van der Waals surface area contributed by atoms with Crippen molar-refractivity contribution < 1.29 is 14.2 Å². The Morgan fingerprint density at radius 2 is 1.65 bits per heavy atom. The zero-order valence-electron chi connectivity index (χ0n) is 10.5. The van der Waals surface area contributed by atoms with Crippen LogP contribution in [0.5, 0.6) is 5.75 Å². The molecular formula is C13H21NO3. The molecule has 0 aliphatic carbocycles. The molecule has 0 radical (unpaired) electrons. The molecule has 0 unspecified atom stereocenters. The summed E-state index contributed by atoms with van der Waals surface area (Å²) < 4.78 is 16.2. The van der Waals surface area contributed by atoms with Crippen LogP contribution < -0.4 is 10.5 Å². The van der Waals surface area contributed by atoms with Gasteiger partial charge < -0.3 is 19.9 Å². The van der Waals surface area contributed by atoms with E-state index in [0.717, 1.165) is 11.4 Å². The molecule has 0 heterocycles. The maximum absolute atomic E-state index is 5.57. The fourth-order valence-electron chi connectivity index (χ4n) is 1.23. The highest BCUT2D eigenvalue weighted by Gasteiger charge is 1.95. The summed E-state index contributed by atoms with van der Waals surface area (Å²) in [6, 6.07) is 7.31. The van der Waals surface area contributed by atoms with Gasteiger partial charge in [-0.2, -0.15) is 0 Å². The average molecular weight is 239 g/mol. The van der Waals surface area contributed by atoms with Crippen LogP contribution in [0.3, 0.4) is 0 Å². The van der Waals surface area contributed by atoms with Crippen molar-refractivity contribution in [3.8, 4) is 5.75 Å². The molecule has 1 aromatic carbocycles. The Hall–Kier alpha value is -1.26. The highest BCUT2D eigenvalue weighted by molar-refractivity contribution is 5.41. The van der Waals surface area contributed by atoms with Gasteiger partial charge in [-0.1, -0.05) is 0 Å². The molecule has 96 valence electrons. The molecule has 0 fully saturated rings. The highest BCUT2D eigenvalue weighted by atomic mass is 16.5. The SMILES string of the molecule is CC(C)OCCOCCOc1ccc(N)cc1. The molecule has 1 aromatic rings. The summed E-state index contributed by atoms with van der Waals surface area (Å²) in [5.74, 6) is 0.807. The van der Waals surface area contributed by atoms with Crippen LogP contribution in [0.2, 0.25) is 0 Å². The van der Waals surface area contributed by atoms with E-state index >= 15 is 0 Å². The van der Waals surface area contributed by atoms with E-state index in [9.17, 15) is 0 Å². The minimum absolute atomic E-state index is 0.254. The smallest absolute Gasteiger partial charge is 0.119 e. The predicted octanol–water partition coefficient (Wildman–Crippen LogP) is 2.09. The second-order valence-corrected chi connectivity index (χ2v) is 3.95. The van der Waals surface area contributed by atoms with E-state index in [1.54, 1.807) is 0 Å². The molecule has 4 heteroatoms. The number of ether oxygens (including phenoxy) is 3. The predicted molar refractivity (Wildman–Crippen MR) is 68.3 cm³/mol. The van der Waals surface area contributed by atoms with Crippen LogP contribution in [-0.4, -0.2) is 32.5 Å². The van der Waals surface area contributed by atoms with Gasteiger partial charge in [0.25, 0.3) is 0 Å². The van der Waals surface area contributed by atoms with Gasteiger partial charge in [0.15, 0.2) is 0 Å². The van der Waals surface area contributed by atoms with E-state index in [2.05, 4.69) is 0 Å². The Bertz CT molecular complexity index is 298. The van der Waals surface area contributed by atoms with Crippen molar-refractivity contribution in [2.75, 3.05) is 32.2 Å². The maximum Gasteiger partial charge on any atom is 0.119 e. The zero-order chi connectivity index (χ0) is 12.5. The number of hydrogen-bond acceptors (Lipinski definition) is 4. The van der Waals surface area contributed by atoms with Crippen LogP contribution >= 0.6 is 0 Å². The number of hydrogen-bond donors (Lipinski definition) is 1. The van der Waals surface area contributed by atoms with Crippen LogP contribution in [0.1, 0.15) is 13.8 Å². The van der Waals surface area contributed by atoms with E-state index in [1.807, 2.05) is 38.1 Å². The number of nitrogens with two attached hydrogens (primary N) is 1. The molecule has 0 amide bonds. The third-order valence-corrected chi connectivity index (χ3v) is 2.06. The van der Waals surface area contributed by atoms with Crippen LogP contribution in [-0.2, 0) is 9.47 Å². The molecule has 17 heavy (non-hydrogen) atoms. The molecule has 0 aliphatic heterocycles. The Morgan fingerprint density at radius 3 is 2.29 bits per heavy atom. The zero-order valence-corrected chi connectivity index (χ0v) is 10.5. The first-order chi connectivity index (χ1) is 8.18. The average Bonchev–Trinajstić information content (AvgIpc) is 2.30. The lowest BCUT2D eigenvalue weighted by molar-refractivity contribution is 0.0124. The van der Waals surface area contributed by atoms with Crippen molar-refractivity contribution in [3.63, 3.8) is 0 Å². The van der Waals surface area contributed by atoms with Gasteiger partial charge in [0.05, 0.1) is 25.9 Å². The summed E-state index contributed by atoms with van der Waals surface area (Å²) in [6.45, 7) is 6.33. The van der Waals surface area contributed by atoms with Gasteiger partial charge >= 0.3 is 0 Å². The van der Waals surface area contributed by atoms with Crippen LogP contribution in [0, 0.1) is 0 Å². The van der Waals surface area contributed by atoms with Crippen LogP contribution in [0.4, 0.5) is 5.69 Å². The van der Waals surface area contributed by atoms with Crippen molar-refractivity contribution in [2.24, 2.45) is 0 Å². The molecule has 0 spiro atoms. The van der Waals surface area contributed by atoms with Crippen molar-refractivity contribution in [1.82, 2.24) is 0 Å². The van der Waals surface area contributed by atoms with Crippen LogP contribution in [0.25, 0.3) is 0 Å². The summed E-state index contributed by atoms with van der Waals surface area (Å²) >= 11 is 0. The fourth-order valence-corrected chi connectivity index (χ4v) is 1.23. The number of rotatable bonds is 8. The molecule has 0 atom stereocenters. The first-order valence-corrected chi connectivity index (χ1v) is 5.86. The van der Waals surface area contributed by atoms with E-state index in [4.69, 9.17) is 19.9 Å². The molecule has 0 bridgehead atoms. The third kappa shape index (κ3) is 6.81. The summed E-state index contributed by atoms with van der Waals surface area (Å²) in [7, 11) is 0. The fraction of sp³-hybridized carbons (Fsp3) is 0.538. The maximum atomic E-state index is 5.57. The molecule has 0 aliphatic rings. The Labute approximate surface area is 103 Å². The van der Waals surface area contributed by atoms with E-state index in [0.29, 0.717) is 26.4 Å². The van der Waals surface area contributed by atoms with Crippen molar-refractivity contribution in [3.05, 3.63) is 24.3 Å². The third-order valence-electron chi connectivity index (χ3n) is 2.06. The summed E-state index contributed by atoms with van der Waals surface area (Å²) in [5.41, 5.74) is 6.30. The lowest BCUT2D eigenvalue weighted by atomic mass is 10.3. The molecule has 4 nitrogen and oxygen atoms in total. The monoisotopic (exact) mass is 239 g/mol. The highest BCUT2D eigenvalue weighted by Crippen LogP contribution is 2.12. The minimum Gasteiger partial charge on any atom is -0.491 e. The molecule has 2 N–H and O–H groups in total. The summed E-state index contributed by atoms with van der Waals surface area (Å²) in [6.07, 6.45) is 0.254. The topological polar surface area (TPSA) is 53.7 Å². The lowest BCUT2D eigenvalue weighted by Gasteiger charge is -2.09. The first kappa shape index (κ1) is 13.8. The van der Waals surface area contributed by atoms with Gasteiger partial charge in [-0.15, -0.1) is 0 Å². The van der Waals surface area contributed by atoms with Gasteiger partial charge in [-0.05, 0) is 38.1 Å². The first-order valence-electron chi connectivity index (χ1n) is 5.86. The van der Waals surface area contributed by atoms with Crippen molar-refractivity contribution in [2.45, 2.75) is 20.0 Å². The van der Waals surface area contributed by atoms with Crippen molar-refractivity contribution >= 4 is 5.69 Å². The normalized spacial score (nSPS) is 10.8. The van der Waals surface area contributed by atoms with Gasteiger partial charge in [-0.25, -0.2) is 0 Å². The Morgan fingerprint density at radius 1 is 1.00 bits per heavy atom. The largest absolute Gasteiger partial charge is 0.491 e. The minimum atomic E-state index is 0.254. The van der Waals surface area contributed by atoms with Crippen molar-refractivity contribution in [1.29, 1.82) is 0 Å². The Balaban J connectivity index is 1.99. The summed E-state index contributed by atoms with van der Waals surface area (Å²) in [4.78, 5) is 0.